The number of tetrazole rings is 1. The number of benzene rings is 1. The maximum atomic E-state index is 12.9. The minimum absolute atomic E-state index is 0.0347. The first-order chi connectivity index (χ1) is 16.2. The van der Waals surface area contributed by atoms with Gasteiger partial charge in [0.15, 0.2) is 5.58 Å². The van der Waals surface area contributed by atoms with Crippen molar-refractivity contribution in [3.05, 3.63) is 54.1 Å². The molecule has 2 atom stereocenters. The predicted octanol–water partition coefficient (Wildman–Crippen LogP) is 0.420. The number of hydrogen-bond donors (Lipinski definition) is 0. The Morgan fingerprint density at radius 3 is 2.97 bits per heavy atom. The molecule has 3 aromatic heterocycles. The molecule has 0 radical (unpaired) electrons. The third kappa shape index (κ3) is 3.94. The van der Waals surface area contributed by atoms with Crippen molar-refractivity contribution in [3.8, 4) is 5.69 Å². The molecule has 12 heteroatoms. The Bertz CT molecular complexity index is 1260. The smallest absolute Gasteiger partial charge is 0.228 e. The van der Waals surface area contributed by atoms with Crippen LogP contribution in [0.5, 0.6) is 0 Å². The van der Waals surface area contributed by atoms with Crippen molar-refractivity contribution < 1.29 is 14.1 Å². The van der Waals surface area contributed by atoms with Crippen molar-refractivity contribution in [3.63, 3.8) is 0 Å². The summed E-state index contributed by atoms with van der Waals surface area (Å²) >= 11 is 0. The summed E-state index contributed by atoms with van der Waals surface area (Å²) < 4.78 is 12.8. The van der Waals surface area contributed by atoms with Gasteiger partial charge in [0.05, 0.1) is 37.1 Å². The zero-order valence-electron chi connectivity index (χ0n) is 17.7. The molecule has 0 N–H and O–H groups in total. The van der Waals surface area contributed by atoms with Crippen LogP contribution in [0.15, 0.2) is 47.4 Å². The number of aromatic nitrogens is 7. The molecule has 0 spiro atoms. The fourth-order valence-corrected chi connectivity index (χ4v) is 4.41. The van der Waals surface area contributed by atoms with Gasteiger partial charge in [-0.3, -0.25) is 14.7 Å². The van der Waals surface area contributed by atoms with Crippen LogP contribution in [0, 0.1) is 0 Å². The molecule has 0 bridgehead atoms. The number of piperazine rings is 1. The fourth-order valence-electron chi connectivity index (χ4n) is 4.41. The second kappa shape index (κ2) is 8.30. The molecule has 2 saturated heterocycles. The van der Waals surface area contributed by atoms with Crippen LogP contribution in [0.4, 0.5) is 0 Å². The largest absolute Gasteiger partial charge is 0.370 e. The Labute approximate surface area is 188 Å². The number of fused-ring (bicyclic) bond motifs is 2. The molecule has 0 aliphatic carbocycles. The minimum atomic E-state index is -0.0347. The van der Waals surface area contributed by atoms with E-state index in [-0.39, 0.29) is 24.5 Å². The normalized spacial score (nSPS) is 21.3. The fraction of sp³-hybridized carbons (Fsp3) is 0.381. The summed E-state index contributed by atoms with van der Waals surface area (Å²) in [4.78, 5) is 21.6. The van der Waals surface area contributed by atoms with Crippen molar-refractivity contribution in [2.75, 3.05) is 32.8 Å². The van der Waals surface area contributed by atoms with Crippen LogP contribution in [0.25, 0.3) is 16.8 Å². The van der Waals surface area contributed by atoms with Gasteiger partial charge in [-0.05, 0) is 40.3 Å². The van der Waals surface area contributed by atoms with Crippen LogP contribution in [0.2, 0.25) is 0 Å². The van der Waals surface area contributed by atoms with E-state index in [1.165, 1.54) is 11.0 Å². The predicted molar refractivity (Wildman–Crippen MR) is 113 cm³/mol. The molecule has 2 aliphatic rings. The van der Waals surface area contributed by atoms with Crippen LogP contribution in [-0.2, 0) is 16.0 Å². The van der Waals surface area contributed by atoms with E-state index in [0.29, 0.717) is 25.3 Å². The molecule has 33 heavy (non-hydrogen) atoms. The van der Waals surface area contributed by atoms with E-state index in [9.17, 15) is 4.79 Å². The van der Waals surface area contributed by atoms with Crippen LogP contribution < -0.4 is 0 Å². The third-order valence-corrected chi connectivity index (χ3v) is 6.25. The number of rotatable bonds is 4. The van der Waals surface area contributed by atoms with E-state index in [2.05, 4.69) is 35.8 Å². The highest BCUT2D eigenvalue weighted by Crippen LogP contribution is 2.28. The van der Waals surface area contributed by atoms with E-state index >= 15 is 0 Å². The molecule has 0 saturated carbocycles. The average molecular weight is 447 g/mol. The Balaban J connectivity index is 1.06. The molecule has 12 nitrogen and oxygen atoms in total. The van der Waals surface area contributed by atoms with Gasteiger partial charge in [0.25, 0.3) is 0 Å². The maximum Gasteiger partial charge on any atom is 0.228 e. The molecule has 6 rings (SSSR count). The lowest BCUT2D eigenvalue weighted by Gasteiger charge is -2.46. The van der Waals surface area contributed by atoms with Gasteiger partial charge >= 0.3 is 0 Å². The number of amides is 1. The summed E-state index contributed by atoms with van der Waals surface area (Å²) in [5.74, 6) is 0.0726. The number of nitrogens with zero attached hydrogens (tertiary/aromatic N) is 9. The quantitative estimate of drug-likeness (QED) is 0.434. The standard InChI is InChI=1S/C21H21N9O3/c31-21(8-15-2-3-16(9-22-15)30-13-23-25-26-30)29-6-5-28-11-20(32-12-17(28)10-29)14-1-4-19-18(7-14)24-27-33-19/h1-4,7,9,13,17,20H,5-6,8,10-12H2. The number of ether oxygens (including phenoxy) is 1. The zero-order valence-corrected chi connectivity index (χ0v) is 17.7. The van der Waals surface area contributed by atoms with Gasteiger partial charge in [-0.25, -0.2) is 0 Å². The SMILES string of the molecule is O=C(Cc1ccc(-n2cnnn2)cn1)N1CCN2CC(c3ccc4onnc4c3)OCC2C1. The van der Waals surface area contributed by atoms with Gasteiger partial charge in [-0.1, -0.05) is 6.07 Å². The monoisotopic (exact) mass is 447 g/mol. The summed E-state index contributed by atoms with van der Waals surface area (Å²) in [6.07, 6.45) is 3.39. The number of carbonyl (C=O) groups is 1. The summed E-state index contributed by atoms with van der Waals surface area (Å²) in [6, 6.07) is 9.71. The number of pyridine rings is 1. The van der Waals surface area contributed by atoms with Gasteiger partial charge in [-0.2, -0.15) is 4.68 Å². The summed E-state index contributed by atoms with van der Waals surface area (Å²) in [5.41, 5.74) is 3.92. The molecular weight excluding hydrogens is 426 g/mol. The summed E-state index contributed by atoms with van der Waals surface area (Å²) in [5, 5.41) is 18.7. The van der Waals surface area contributed by atoms with Crippen molar-refractivity contribution in [1.82, 2.24) is 45.4 Å². The third-order valence-electron chi connectivity index (χ3n) is 6.25. The molecule has 4 aromatic rings. The van der Waals surface area contributed by atoms with Crippen molar-refractivity contribution in [2.45, 2.75) is 18.6 Å². The summed E-state index contributed by atoms with van der Waals surface area (Å²) in [6.45, 7) is 3.51. The first-order valence-corrected chi connectivity index (χ1v) is 10.8. The Morgan fingerprint density at radius 1 is 1.15 bits per heavy atom. The van der Waals surface area contributed by atoms with Crippen molar-refractivity contribution in [1.29, 1.82) is 0 Å². The van der Waals surface area contributed by atoms with Crippen LogP contribution in [-0.4, -0.2) is 90.1 Å². The van der Waals surface area contributed by atoms with E-state index in [4.69, 9.17) is 9.26 Å². The lowest BCUT2D eigenvalue weighted by molar-refractivity contribution is -0.139. The summed E-state index contributed by atoms with van der Waals surface area (Å²) in [7, 11) is 0. The first-order valence-electron chi connectivity index (χ1n) is 10.8. The highest BCUT2D eigenvalue weighted by atomic mass is 16.5. The second-order valence-corrected chi connectivity index (χ2v) is 8.25. The second-order valence-electron chi connectivity index (χ2n) is 8.25. The molecule has 2 unspecified atom stereocenters. The van der Waals surface area contributed by atoms with Crippen LogP contribution in [0.1, 0.15) is 17.4 Å². The maximum absolute atomic E-state index is 12.9. The number of carbonyl (C=O) groups excluding carboxylic acids is 1. The molecule has 1 amide bonds. The first kappa shape index (κ1) is 19.9. The molecule has 2 fully saturated rings. The van der Waals surface area contributed by atoms with E-state index < -0.39 is 0 Å². The van der Waals surface area contributed by atoms with Gasteiger partial charge < -0.3 is 14.2 Å². The molecule has 168 valence electrons. The van der Waals surface area contributed by atoms with Crippen molar-refractivity contribution >= 4 is 17.0 Å². The van der Waals surface area contributed by atoms with E-state index in [1.54, 1.807) is 6.20 Å². The lowest BCUT2D eigenvalue weighted by atomic mass is 10.0. The van der Waals surface area contributed by atoms with Crippen molar-refractivity contribution in [2.24, 2.45) is 0 Å². The lowest BCUT2D eigenvalue weighted by Crippen LogP contribution is -2.59. The van der Waals surface area contributed by atoms with Crippen LogP contribution >= 0.6 is 0 Å². The van der Waals surface area contributed by atoms with Gasteiger partial charge in [0.1, 0.15) is 11.8 Å². The molecule has 1 aromatic carbocycles. The Kier molecular flexibility index (Phi) is 5.00. The average Bonchev–Trinajstić information content (AvgIpc) is 3.56. The highest BCUT2D eigenvalue weighted by Gasteiger charge is 2.35. The molecular formula is C21H21N9O3. The zero-order chi connectivity index (χ0) is 22.2. The molecule has 5 heterocycles. The highest BCUT2D eigenvalue weighted by molar-refractivity contribution is 5.78. The van der Waals surface area contributed by atoms with Gasteiger partial charge in [0.2, 0.25) is 5.91 Å². The van der Waals surface area contributed by atoms with E-state index in [1.807, 2.05) is 35.2 Å². The number of morpholine rings is 1. The molecule has 2 aliphatic heterocycles. The minimum Gasteiger partial charge on any atom is -0.370 e. The van der Waals surface area contributed by atoms with Gasteiger partial charge in [0, 0.05) is 37.1 Å². The van der Waals surface area contributed by atoms with E-state index in [0.717, 1.165) is 35.6 Å². The topological polar surface area (TPSA) is 128 Å². The van der Waals surface area contributed by atoms with Gasteiger partial charge in [-0.15, -0.1) is 10.2 Å². The Hall–Kier alpha value is -3.77. The number of hydrogen-bond acceptors (Lipinski definition) is 10. The van der Waals surface area contributed by atoms with Crippen LogP contribution in [0.3, 0.4) is 0 Å². The Morgan fingerprint density at radius 2 is 2.12 bits per heavy atom.